The summed E-state index contributed by atoms with van der Waals surface area (Å²) in [7, 11) is -2.84. The van der Waals surface area contributed by atoms with Crippen molar-refractivity contribution in [2.24, 2.45) is 5.92 Å². The SMILES string of the molecule is CCCNC(CCCCS(=O)(=O)C(C)C)C1CC1. The Hall–Kier alpha value is -0.0900. The smallest absolute Gasteiger partial charge is 0.152 e. The van der Waals surface area contributed by atoms with Crippen LogP contribution in [0.5, 0.6) is 0 Å². The van der Waals surface area contributed by atoms with Crippen LogP contribution in [0.1, 0.15) is 59.3 Å². The lowest BCUT2D eigenvalue weighted by Crippen LogP contribution is -2.31. The van der Waals surface area contributed by atoms with Gasteiger partial charge in [0, 0.05) is 6.04 Å². The van der Waals surface area contributed by atoms with E-state index < -0.39 is 9.84 Å². The third-order valence-corrected chi connectivity index (χ3v) is 6.05. The number of hydrogen-bond donors (Lipinski definition) is 1. The first-order valence-corrected chi connectivity index (χ1v) is 9.14. The van der Waals surface area contributed by atoms with Crippen molar-refractivity contribution in [2.45, 2.75) is 70.6 Å². The van der Waals surface area contributed by atoms with Crippen molar-refractivity contribution in [1.29, 1.82) is 0 Å². The zero-order valence-corrected chi connectivity index (χ0v) is 12.9. The van der Waals surface area contributed by atoms with Crippen molar-refractivity contribution < 1.29 is 8.42 Å². The second-order valence-corrected chi connectivity index (χ2v) is 8.49. The van der Waals surface area contributed by atoms with Crippen LogP contribution in [0.15, 0.2) is 0 Å². The van der Waals surface area contributed by atoms with Crippen LogP contribution in [-0.2, 0) is 9.84 Å². The first-order valence-electron chi connectivity index (χ1n) is 7.42. The molecule has 1 atom stereocenters. The average molecular weight is 275 g/mol. The first kappa shape index (κ1) is 16.0. The van der Waals surface area contributed by atoms with Crippen LogP contribution >= 0.6 is 0 Å². The van der Waals surface area contributed by atoms with Gasteiger partial charge >= 0.3 is 0 Å². The topological polar surface area (TPSA) is 46.2 Å². The summed E-state index contributed by atoms with van der Waals surface area (Å²) < 4.78 is 23.4. The van der Waals surface area contributed by atoms with E-state index in [4.69, 9.17) is 0 Å². The molecule has 1 aliphatic rings. The van der Waals surface area contributed by atoms with E-state index in [9.17, 15) is 8.42 Å². The van der Waals surface area contributed by atoms with Gasteiger partial charge in [0.1, 0.15) is 0 Å². The Balaban J connectivity index is 2.19. The highest BCUT2D eigenvalue weighted by Crippen LogP contribution is 2.34. The summed E-state index contributed by atoms with van der Waals surface area (Å²) in [6.45, 7) is 6.81. The second-order valence-electron chi connectivity index (χ2n) is 5.81. The number of nitrogens with one attached hydrogen (secondary N) is 1. The van der Waals surface area contributed by atoms with Crippen molar-refractivity contribution in [3.8, 4) is 0 Å². The van der Waals surface area contributed by atoms with E-state index in [2.05, 4.69) is 12.2 Å². The van der Waals surface area contributed by atoms with Crippen molar-refractivity contribution in [3.63, 3.8) is 0 Å². The van der Waals surface area contributed by atoms with Gasteiger partial charge in [-0.1, -0.05) is 13.3 Å². The Kier molecular flexibility index (Phi) is 6.64. The second kappa shape index (κ2) is 7.49. The summed E-state index contributed by atoms with van der Waals surface area (Å²) in [4.78, 5) is 0. The maximum atomic E-state index is 11.7. The molecule has 18 heavy (non-hydrogen) atoms. The van der Waals surface area contributed by atoms with Crippen LogP contribution in [0.2, 0.25) is 0 Å². The minimum absolute atomic E-state index is 0.227. The highest BCUT2D eigenvalue weighted by Gasteiger charge is 2.30. The average Bonchev–Trinajstić information content (AvgIpc) is 3.12. The molecule has 1 aliphatic carbocycles. The van der Waals surface area contributed by atoms with Crippen LogP contribution in [0.3, 0.4) is 0 Å². The summed E-state index contributed by atoms with van der Waals surface area (Å²) in [5.41, 5.74) is 0. The molecule has 0 amide bonds. The maximum absolute atomic E-state index is 11.7. The monoisotopic (exact) mass is 275 g/mol. The molecule has 4 heteroatoms. The fourth-order valence-corrected chi connectivity index (χ4v) is 3.31. The summed E-state index contributed by atoms with van der Waals surface area (Å²) >= 11 is 0. The Morgan fingerprint density at radius 1 is 1.22 bits per heavy atom. The van der Waals surface area contributed by atoms with E-state index in [0.29, 0.717) is 11.8 Å². The van der Waals surface area contributed by atoms with Gasteiger partial charge in [0.2, 0.25) is 0 Å². The highest BCUT2D eigenvalue weighted by molar-refractivity contribution is 7.91. The molecule has 0 saturated heterocycles. The number of unbranched alkanes of at least 4 members (excludes halogenated alkanes) is 1. The molecule has 3 nitrogen and oxygen atoms in total. The molecule has 0 aliphatic heterocycles. The summed E-state index contributed by atoms with van der Waals surface area (Å²) in [6.07, 6.45) is 6.86. The van der Waals surface area contributed by atoms with E-state index in [1.54, 1.807) is 13.8 Å². The molecule has 0 aromatic heterocycles. The highest BCUT2D eigenvalue weighted by atomic mass is 32.2. The molecule has 0 aromatic rings. The van der Waals surface area contributed by atoms with Crippen molar-refractivity contribution in [2.75, 3.05) is 12.3 Å². The molecule has 1 saturated carbocycles. The van der Waals surface area contributed by atoms with Gasteiger partial charge in [-0.3, -0.25) is 0 Å². The predicted octanol–water partition coefficient (Wildman–Crippen LogP) is 2.76. The molecule has 0 radical (unpaired) electrons. The number of hydrogen-bond acceptors (Lipinski definition) is 3. The van der Waals surface area contributed by atoms with Crippen LogP contribution < -0.4 is 5.32 Å². The van der Waals surface area contributed by atoms with Crippen molar-refractivity contribution in [1.82, 2.24) is 5.32 Å². The van der Waals surface area contributed by atoms with E-state index in [-0.39, 0.29) is 5.25 Å². The van der Waals surface area contributed by atoms with Gasteiger partial charge in [-0.2, -0.15) is 0 Å². The zero-order valence-electron chi connectivity index (χ0n) is 12.1. The third kappa shape index (κ3) is 5.70. The Bertz CT molecular complexity index is 321. The Morgan fingerprint density at radius 3 is 2.39 bits per heavy atom. The minimum atomic E-state index is -2.84. The van der Waals surface area contributed by atoms with Gasteiger partial charge < -0.3 is 5.32 Å². The van der Waals surface area contributed by atoms with Crippen molar-refractivity contribution in [3.05, 3.63) is 0 Å². The normalized spacial score (nSPS) is 18.2. The summed E-state index contributed by atoms with van der Waals surface area (Å²) in [5.74, 6) is 1.22. The van der Waals surface area contributed by atoms with E-state index >= 15 is 0 Å². The molecule has 1 fully saturated rings. The fourth-order valence-electron chi connectivity index (χ4n) is 2.24. The molecule has 108 valence electrons. The van der Waals surface area contributed by atoms with Crippen LogP contribution in [0.25, 0.3) is 0 Å². The molecule has 1 N–H and O–H groups in total. The third-order valence-electron chi connectivity index (χ3n) is 3.76. The molecule has 0 bridgehead atoms. The van der Waals surface area contributed by atoms with Crippen molar-refractivity contribution >= 4 is 9.84 Å². The van der Waals surface area contributed by atoms with Gasteiger partial charge in [0.15, 0.2) is 9.84 Å². The van der Waals surface area contributed by atoms with Gasteiger partial charge in [-0.05, 0) is 58.4 Å². The summed E-state index contributed by atoms with van der Waals surface area (Å²) in [5, 5.41) is 3.38. The molecule has 0 spiro atoms. The first-order chi connectivity index (χ1) is 8.47. The Labute approximate surface area is 113 Å². The maximum Gasteiger partial charge on any atom is 0.152 e. The lowest BCUT2D eigenvalue weighted by atomic mass is 10.1. The van der Waals surface area contributed by atoms with Crippen LogP contribution in [0, 0.1) is 5.92 Å². The molecule has 0 aromatic carbocycles. The largest absolute Gasteiger partial charge is 0.314 e. The van der Waals surface area contributed by atoms with Gasteiger partial charge in [-0.25, -0.2) is 8.42 Å². The van der Waals surface area contributed by atoms with Gasteiger partial charge in [-0.15, -0.1) is 0 Å². The number of rotatable bonds is 10. The zero-order chi connectivity index (χ0) is 13.6. The predicted molar refractivity (Wildman–Crippen MR) is 77.6 cm³/mol. The molecular formula is C14H29NO2S. The van der Waals surface area contributed by atoms with E-state index in [1.165, 1.54) is 19.3 Å². The van der Waals surface area contributed by atoms with Gasteiger partial charge in [0.25, 0.3) is 0 Å². The van der Waals surface area contributed by atoms with Crippen LogP contribution in [-0.4, -0.2) is 32.0 Å². The minimum Gasteiger partial charge on any atom is -0.314 e. The quantitative estimate of drug-likeness (QED) is 0.624. The molecular weight excluding hydrogens is 246 g/mol. The van der Waals surface area contributed by atoms with Gasteiger partial charge in [0.05, 0.1) is 11.0 Å². The van der Waals surface area contributed by atoms with E-state index in [0.717, 1.165) is 31.7 Å². The standard InChI is InChI=1S/C14H29NO2S/c1-4-10-15-14(13-8-9-13)7-5-6-11-18(16,17)12(2)3/h12-15H,4-11H2,1-3H3. The van der Waals surface area contributed by atoms with Crippen LogP contribution in [0.4, 0.5) is 0 Å². The number of sulfone groups is 1. The summed E-state index contributed by atoms with van der Waals surface area (Å²) in [6, 6.07) is 0.631. The Morgan fingerprint density at radius 2 is 1.89 bits per heavy atom. The molecule has 1 rings (SSSR count). The molecule has 0 heterocycles. The molecule has 1 unspecified atom stereocenters. The fraction of sp³-hybridized carbons (Fsp3) is 1.00. The van der Waals surface area contributed by atoms with E-state index in [1.807, 2.05) is 0 Å². The lowest BCUT2D eigenvalue weighted by molar-refractivity contribution is 0.423. The lowest BCUT2D eigenvalue weighted by Gasteiger charge is -2.17.